The zero-order valence-corrected chi connectivity index (χ0v) is 15.0. The summed E-state index contributed by atoms with van der Waals surface area (Å²) in [5.74, 6) is 1.74. The number of hydrogen-bond donors (Lipinski definition) is 1. The number of hydrogen-bond acceptors (Lipinski definition) is 3. The summed E-state index contributed by atoms with van der Waals surface area (Å²) < 4.78 is 5.87. The molecule has 132 valence electrons. The minimum absolute atomic E-state index is 0.172. The lowest BCUT2D eigenvalue weighted by molar-refractivity contribution is -0.180. The van der Waals surface area contributed by atoms with E-state index in [1.54, 1.807) is 5.57 Å². The lowest BCUT2D eigenvalue weighted by atomic mass is 9.48. The van der Waals surface area contributed by atoms with E-state index in [0.717, 1.165) is 38.7 Å². The third-order valence-corrected chi connectivity index (χ3v) is 8.85. The molecule has 4 aliphatic carbocycles. The third-order valence-electron chi connectivity index (χ3n) is 8.85. The van der Waals surface area contributed by atoms with Crippen LogP contribution < -0.4 is 0 Å². The predicted molar refractivity (Wildman–Crippen MR) is 91.1 cm³/mol. The number of rotatable bonds is 0. The van der Waals surface area contributed by atoms with Crippen molar-refractivity contribution in [3.63, 3.8) is 0 Å². The van der Waals surface area contributed by atoms with Crippen LogP contribution in [0.5, 0.6) is 0 Å². The number of carbonyl (C=O) groups is 1. The number of Topliss-reactive ketones (excluding diaryl/α,β-unsaturated/α-hetero) is 1. The van der Waals surface area contributed by atoms with Crippen molar-refractivity contribution >= 4 is 5.78 Å². The van der Waals surface area contributed by atoms with E-state index in [2.05, 4.69) is 13.0 Å². The van der Waals surface area contributed by atoms with Gasteiger partial charge in [-0.1, -0.05) is 18.6 Å². The number of fused-ring (bicyclic) bond motifs is 4. The Hall–Kier alpha value is -0.670. The van der Waals surface area contributed by atoms with Crippen LogP contribution in [0.25, 0.3) is 0 Å². The molecule has 24 heavy (non-hydrogen) atoms. The summed E-state index contributed by atoms with van der Waals surface area (Å²) in [6.45, 7) is 5.04. The Labute approximate surface area is 144 Å². The Morgan fingerprint density at radius 3 is 2.88 bits per heavy atom. The lowest BCUT2D eigenvalue weighted by Gasteiger charge is -2.55. The fourth-order valence-corrected chi connectivity index (χ4v) is 7.59. The van der Waals surface area contributed by atoms with Gasteiger partial charge >= 0.3 is 0 Å². The highest BCUT2D eigenvalue weighted by atomic mass is 16.6. The number of ketones is 1. The van der Waals surface area contributed by atoms with Crippen LogP contribution in [0.3, 0.4) is 0 Å². The van der Waals surface area contributed by atoms with E-state index in [9.17, 15) is 9.90 Å². The smallest absolute Gasteiger partial charge is 0.166 e. The molecule has 3 saturated carbocycles. The summed E-state index contributed by atoms with van der Waals surface area (Å²) in [5.41, 5.74) is 2.10. The Bertz CT molecular complexity index is 621. The molecule has 0 aromatic carbocycles. The second-order valence-electron chi connectivity index (χ2n) is 9.72. The SMILES string of the molecule is CC1(O)OCC23CC=C4C(CCC5CC(=O)CCC45C)C2CCC13. The van der Waals surface area contributed by atoms with Gasteiger partial charge in [-0.05, 0) is 68.6 Å². The Morgan fingerprint density at radius 2 is 2.04 bits per heavy atom. The molecule has 5 aliphatic rings. The Kier molecular flexibility index (Phi) is 3.07. The lowest BCUT2D eigenvalue weighted by Crippen LogP contribution is -2.49. The molecule has 3 nitrogen and oxygen atoms in total. The first-order valence-corrected chi connectivity index (χ1v) is 9.95. The van der Waals surface area contributed by atoms with Crippen molar-refractivity contribution in [1.82, 2.24) is 0 Å². The van der Waals surface area contributed by atoms with Gasteiger partial charge < -0.3 is 9.84 Å². The molecule has 0 aromatic rings. The van der Waals surface area contributed by atoms with Crippen LogP contribution >= 0.6 is 0 Å². The summed E-state index contributed by atoms with van der Waals surface area (Å²) in [6.07, 6.45) is 11.0. The van der Waals surface area contributed by atoms with Gasteiger partial charge in [0.05, 0.1) is 6.61 Å². The van der Waals surface area contributed by atoms with Gasteiger partial charge in [0, 0.05) is 24.2 Å². The highest BCUT2D eigenvalue weighted by molar-refractivity contribution is 5.80. The van der Waals surface area contributed by atoms with Gasteiger partial charge in [-0.15, -0.1) is 0 Å². The standard InChI is InChI=1S/C21H30O3/c1-19-9-7-14(22)11-13(19)3-4-15-16(19)8-10-21-12-24-20(2,23)18(21)6-5-17(15)21/h8,13,15,17-18,23H,3-7,9-12H2,1-2H3. The molecular formula is C21H30O3. The van der Waals surface area contributed by atoms with Gasteiger partial charge in [-0.3, -0.25) is 4.79 Å². The molecule has 1 spiro atoms. The van der Waals surface area contributed by atoms with E-state index in [1.165, 1.54) is 19.3 Å². The second-order valence-corrected chi connectivity index (χ2v) is 9.72. The number of allylic oxidation sites excluding steroid dienone is 2. The topological polar surface area (TPSA) is 46.5 Å². The van der Waals surface area contributed by atoms with Gasteiger partial charge in [-0.2, -0.15) is 0 Å². The first-order valence-electron chi connectivity index (χ1n) is 9.95. The van der Waals surface area contributed by atoms with Crippen molar-refractivity contribution in [2.24, 2.45) is 34.5 Å². The quantitative estimate of drug-likeness (QED) is 0.686. The van der Waals surface area contributed by atoms with Crippen molar-refractivity contribution < 1.29 is 14.6 Å². The normalized spacial score (nSPS) is 56.1. The summed E-state index contributed by atoms with van der Waals surface area (Å²) in [6, 6.07) is 0. The third kappa shape index (κ3) is 1.78. The van der Waals surface area contributed by atoms with Crippen molar-refractivity contribution in [1.29, 1.82) is 0 Å². The highest BCUT2D eigenvalue weighted by Gasteiger charge is 2.65. The molecule has 3 heteroatoms. The Balaban J connectivity index is 1.53. The number of ether oxygens (including phenoxy) is 1. The van der Waals surface area contributed by atoms with Crippen molar-refractivity contribution in [2.45, 2.75) is 71.0 Å². The molecule has 7 atom stereocenters. The zero-order valence-electron chi connectivity index (χ0n) is 15.0. The Morgan fingerprint density at radius 1 is 1.21 bits per heavy atom. The number of carbonyl (C=O) groups excluding carboxylic acids is 1. The number of aliphatic hydroxyl groups is 1. The summed E-state index contributed by atoms with van der Waals surface area (Å²) >= 11 is 0. The minimum Gasteiger partial charge on any atom is -0.365 e. The maximum absolute atomic E-state index is 12.0. The molecule has 4 fully saturated rings. The monoisotopic (exact) mass is 330 g/mol. The van der Waals surface area contributed by atoms with Crippen molar-refractivity contribution in [2.75, 3.05) is 6.61 Å². The van der Waals surface area contributed by atoms with Crippen LogP contribution in [0.4, 0.5) is 0 Å². The van der Waals surface area contributed by atoms with Gasteiger partial charge in [-0.25, -0.2) is 0 Å². The van der Waals surface area contributed by atoms with Gasteiger partial charge in [0.15, 0.2) is 5.79 Å². The fourth-order valence-electron chi connectivity index (χ4n) is 7.59. The molecular weight excluding hydrogens is 300 g/mol. The molecule has 1 saturated heterocycles. The minimum atomic E-state index is -0.932. The molecule has 1 N–H and O–H groups in total. The van der Waals surface area contributed by atoms with Crippen LogP contribution in [-0.4, -0.2) is 23.3 Å². The summed E-state index contributed by atoms with van der Waals surface area (Å²) in [7, 11) is 0. The van der Waals surface area contributed by atoms with E-state index in [1.807, 2.05) is 6.92 Å². The molecule has 0 bridgehead atoms. The van der Waals surface area contributed by atoms with E-state index in [4.69, 9.17) is 4.74 Å². The van der Waals surface area contributed by atoms with Crippen molar-refractivity contribution in [3.8, 4) is 0 Å². The first-order chi connectivity index (χ1) is 11.4. The van der Waals surface area contributed by atoms with Crippen molar-refractivity contribution in [3.05, 3.63) is 11.6 Å². The predicted octanol–water partition coefficient (Wildman–Crippen LogP) is 3.85. The molecule has 7 unspecified atom stereocenters. The maximum Gasteiger partial charge on any atom is 0.166 e. The highest BCUT2D eigenvalue weighted by Crippen LogP contribution is 2.68. The first kappa shape index (κ1) is 15.6. The average Bonchev–Trinajstić information content (AvgIpc) is 3.04. The van der Waals surface area contributed by atoms with Gasteiger partial charge in [0.2, 0.25) is 0 Å². The van der Waals surface area contributed by atoms with Crippen LogP contribution in [0.2, 0.25) is 0 Å². The summed E-state index contributed by atoms with van der Waals surface area (Å²) in [5, 5.41) is 10.7. The fraction of sp³-hybridized carbons (Fsp3) is 0.857. The van der Waals surface area contributed by atoms with Gasteiger partial charge in [0.25, 0.3) is 0 Å². The van der Waals surface area contributed by atoms with E-state index in [0.29, 0.717) is 29.5 Å². The average molecular weight is 330 g/mol. The second kappa shape index (κ2) is 4.73. The van der Waals surface area contributed by atoms with Crippen LogP contribution in [0, 0.1) is 34.5 Å². The van der Waals surface area contributed by atoms with E-state index < -0.39 is 5.79 Å². The van der Waals surface area contributed by atoms with Gasteiger partial charge in [0.1, 0.15) is 5.78 Å². The molecule has 0 amide bonds. The molecule has 5 rings (SSSR count). The van der Waals surface area contributed by atoms with Crippen LogP contribution in [0.15, 0.2) is 11.6 Å². The molecule has 0 radical (unpaired) electrons. The van der Waals surface area contributed by atoms with Crippen LogP contribution in [-0.2, 0) is 9.53 Å². The zero-order chi connectivity index (χ0) is 16.7. The van der Waals surface area contributed by atoms with E-state index >= 15 is 0 Å². The maximum atomic E-state index is 12.0. The molecule has 1 heterocycles. The molecule has 1 aliphatic heterocycles. The van der Waals surface area contributed by atoms with E-state index in [-0.39, 0.29) is 10.8 Å². The largest absolute Gasteiger partial charge is 0.365 e. The van der Waals surface area contributed by atoms with Crippen LogP contribution in [0.1, 0.15) is 65.2 Å². The summed E-state index contributed by atoms with van der Waals surface area (Å²) in [4.78, 5) is 12.0. The molecule has 0 aromatic heterocycles.